The number of rotatable bonds is 0. The minimum absolute atomic E-state index is 0.0359. The molecule has 0 atom stereocenters. The van der Waals surface area contributed by atoms with Crippen LogP contribution in [0.1, 0.15) is 57.8 Å². The number of hydrogen-bond acceptors (Lipinski definition) is 3. The summed E-state index contributed by atoms with van der Waals surface area (Å²) in [4.78, 5) is 0. The number of aliphatic hydroxyl groups is 2. The van der Waals surface area contributed by atoms with Crippen molar-refractivity contribution in [2.75, 3.05) is 0 Å². The molecular weight excluding hydrogens is 190 g/mol. The van der Waals surface area contributed by atoms with Crippen LogP contribution in [0.3, 0.4) is 0 Å². The molecule has 0 radical (unpaired) electrons. The van der Waals surface area contributed by atoms with Crippen LogP contribution in [0.2, 0.25) is 0 Å². The molecule has 0 aromatic rings. The molecular formula is C12H25NO2. The topological polar surface area (TPSA) is 66.5 Å². The summed E-state index contributed by atoms with van der Waals surface area (Å²) in [5, 5.41) is 17.9. The molecule has 2 aliphatic rings. The lowest BCUT2D eigenvalue weighted by molar-refractivity contribution is 0.123. The summed E-state index contributed by atoms with van der Waals surface area (Å²) in [6, 6.07) is 0.360. The number of aliphatic hydroxyl groups excluding tert-OH is 2. The molecule has 0 bridgehead atoms. The number of hydrogen-bond donors (Lipinski definition) is 3. The molecule has 0 spiro atoms. The highest BCUT2D eigenvalue weighted by molar-refractivity contribution is 4.72. The first-order chi connectivity index (χ1) is 7.18. The molecule has 3 nitrogen and oxygen atoms in total. The highest BCUT2D eigenvalue weighted by atomic mass is 16.3. The van der Waals surface area contributed by atoms with Crippen LogP contribution in [-0.2, 0) is 0 Å². The molecule has 0 aromatic heterocycles. The fourth-order valence-corrected chi connectivity index (χ4v) is 2.18. The van der Waals surface area contributed by atoms with Gasteiger partial charge in [0.2, 0.25) is 0 Å². The van der Waals surface area contributed by atoms with Crippen molar-refractivity contribution in [2.24, 2.45) is 5.73 Å². The van der Waals surface area contributed by atoms with E-state index < -0.39 is 0 Å². The van der Waals surface area contributed by atoms with E-state index >= 15 is 0 Å². The van der Waals surface area contributed by atoms with Gasteiger partial charge in [-0.05, 0) is 38.5 Å². The lowest BCUT2D eigenvalue weighted by Crippen LogP contribution is -2.28. The summed E-state index contributed by atoms with van der Waals surface area (Å²) in [5.41, 5.74) is 5.59. The van der Waals surface area contributed by atoms with Gasteiger partial charge in [-0.15, -0.1) is 0 Å². The fourth-order valence-electron chi connectivity index (χ4n) is 2.18. The Hall–Kier alpha value is -0.120. The highest BCUT2D eigenvalue weighted by Gasteiger charge is 2.14. The largest absolute Gasteiger partial charge is 0.393 e. The predicted molar refractivity (Wildman–Crippen MR) is 61.5 cm³/mol. The molecule has 4 N–H and O–H groups in total. The maximum atomic E-state index is 8.97. The van der Waals surface area contributed by atoms with Crippen molar-refractivity contribution in [3.63, 3.8) is 0 Å². The molecule has 90 valence electrons. The average Bonchev–Trinajstić information content (AvgIpc) is 2.25. The summed E-state index contributed by atoms with van der Waals surface area (Å²) in [6.45, 7) is 0. The Morgan fingerprint density at radius 1 is 0.667 bits per heavy atom. The third kappa shape index (κ3) is 6.13. The molecule has 2 aliphatic carbocycles. The van der Waals surface area contributed by atoms with Gasteiger partial charge in [-0.25, -0.2) is 0 Å². The van der Waals surface area contributed by atoms with Crippen molar-refractivity contribution in [3.05, 3.63) is 0 Å². The molecule has 0 amide bonds. The van der Waals surface area contributed by atoms with Gasteiger partial charge in [-0.2, -0.15) is 0 Å². The molecule has 0 aliphatic heterocycles. The van der Waals surface area contributed by atoms with E-state index in [9.17, 15) is 0 Å². The van der Waals surface area contributed by atoms with Gasteiger partial charge in [0.05, 0.1) is 12.2 Å². The summed E-state index contributed by atoms with van der Waals surface area (Å²) >= 11 is 0. The number of nitrogens with two attached hydrogens (primary N) is 1. The van der Waals surface area contributed by atoms with Crippen LogP contribution >= 0.6 is 0 Å². The molecule has 3 heteroatoms. The highest BCUT2D eigenvalue weighted by Crippen LogP contribution is 2.16. The van der Waals surface area contributed by atoms with Gasteiger partial charge >= 0.3 is 0 Å². The van der Waals surface area contributed by atoms with Crippen LogP contribution in [0.25, 0.3) is 0 Å². The smallest absolute Gasteiger partial charge is 0.0541 e. The predicted octanol–water partition coefficient (Wildman–Crippen LogP) is 1.56. The van der Waals surface area contributed by atoms with Crippen LogP contribution in [0.4, 0.5) is 0 Å². The lowest BCUT2D eigenvalue weighted by Gasteiger charge is -2.21. The SMILES string of the molecule is NC1CCC(O)CC1.OC1CCCCC1. The molecule has 2 fully saturated rings. The monoisotopic (exact) mass is 215 g/mol. The van der Waals surface area contributed by atoms with Crippen molar-refractivity contribution in [2.45, 2.75) is 76.0 Å². The van der Waals surface area contributed by atoms with Gasteiger partial charge in [0.15, 0.2) is 0 Å². The molecule has 0 aromatic carbocycles. The lowest BCUT2D eigenvalue weighted by atomic mass is 9.94. The summed E-state index contributed by atoms with van der Waals surface area (Å²) in [5.74, 6) is 0. The maximum Gasteiger partial charge on any atom is 0.0541 e. The summed E-state index contributed by atoms with van der Waals surface area (Å²) < 4.78 is 0. The van der Waals surface area contributed by atoms with Gasteiger partial charge in [-0.1, -0.05) is 19.3 Å². The first-order valence-electron chi connectivity index (χ1n) is 6.30. The van der Waals surface area contributed by atoms with E-state index in [1.165, 1.54) is 19.3 Å². The Kier molecular flexibility index (Phi) is 6.22. The zero-order chi connectivity index (χ0) is 11.1. The van der Waals surface area contributed by atoms with Gasteiger partial charge in [0.25, 0.3) is 0 Å². The molecule has 0 heterocycles. The molecule has 0 saturated heterocycles. The van der Waals surface area contributed by atoms with Crippen LogP contribution in [0.15, 0.2) is 0 Å². The second-order valence-electron chi connectivity index (χ2n) is 4.86. The van der Waals surface area contributed by atoms with Crippen molar-refractivity contribution in [1.82, 2.24) is 0 Å². The summed E-state index contributed by atoms with van der Waals surface area (Å²) in [6.07, 6.45) is 9.67. The fraction of sp³-hybridized carbons (Fsp3) is 1.00. The van der Waals surface area contributed by atoms with Crippen molar-refractivity contribution in [1.29, 1.82) is 0 Å². The van der Waals surface area contributed by atoms with E-state index in [1.807, 2.05) is 0 Å². The zero-order valence-corrected chi connectivity index (χ0v) is 9.57. The Labute approximate surface area is 92.7 Å². The van der Waals surface area contributed by atoms with E-state index in [2.05, 4.69) is 0 Å². The van der Waals surface area contributed by atoms with E-state index in [1.54, 1.807) is 0 Å². The first kappa shape index (κ1) is 12.9. The third-order valence-corrected chi connectivity index (χ3v) is 3.32. The van der Waals surface area contributed by atoms with Crippen molar-refractivity contribution in [3.8, 4) is 0 Å². The standard InChI is InChI=1S/C6H13NO.C6H12O/c7-5-1-3-6(8)4-2-5;7-6-4-2-1-3-5-6/h5-6,8H,1-4,7H2;6-7H,1-5H2. The average molecular weight is 215 g/mol. The minimum atomic E-state index is -0.0604. The summed E-state index contributed by atoms with van der Waals surface area (Å²) in [7, 11) is 0. The van der Waals surface area contributed by atoms with Crippen LogP contribution < -0.4 is 5.73 Å². The second-order valence-corrected chi connectivity index (χ2v) is 4.86. The Balaban J connectivity index is 0.000000151. The molecule has 2 rings (SSSR count). The van der Waals surface area contributed by atoms with E-state index in [4.69, 9.17) is 15.9 Å². The maximum absolute atomic E-state index is 8.97. The minimum Gasteiger partial charge on any atom is -0.393 e. The first-order valence-corrected chi connectivity index (χ1v) is 6.30. The van der Waals surface area contributed by atoms with Gasteiger partial charge in [-0.3, -0.25) is 0 Å². The van der Waals surface area contributed by atoms with Crippen molar-refractivity contribution >= 4 is 0 Å². The van der Waals surface area contributed by atoms with E-state index in [-0.39, 0.29) is 12.2 Å². The zero-order valence-electron chi connectivity index (χ0n) is 9.57. The van der Waals surface area contributed by atoms with E-state index in [0.717, 1.165) is 38.5 Å². The van der Waals surface area contributed by atoms with Gasteiger partial charge in [0, 0.05) is 6.04 Å². The molecule has 15 heavy (non-hydrogen) atoms. The van der Waals surface area contributed by atoms with Gasteiger partial charge < -0.3 is 15.9 Å². The second kappa shape index (κ2) is 7.20. The van der Waals surface area contributed by atoms with E-state index in [0.29, 0.717) is 6.04 Å². The Morgan fingerprint density at radius 2 is 1.13 bits per heavy atom. The Bertz CT molecular complexity index is 140. The molecule has 2 saturated carbocycles. The van der Waals surface area contributed by atoms with Gasteiger partial charge in [0.1, 0.15) is 0 Å². The van der Waals surface area contributed by atoms with Crippen LogP contribution in [0, 0.1) is 0 Å². The normalized spacial score (nSPS) is 33.0. The molecule has 0 unspecified atom stereocenters. The Morgan fingerprint density at radius 3 is 1.47 bits per heavy atom. The van der Waals surface area contributed by atoms with Crippen molar-refractivity contribution < 1.29 is 10.2 Å². The van der Waals surface area contributed by atoms with Crippen LogP contribution in [-0.4, -0.2) is 28.5 Å². The quantitative estimate of drug-likeness (QED) is 0.574. The third-order valence-electron chi connectivity index (χ3n) is 3.32. The van der Waals surface area contributed by atoms with Crippen LogP contribution in [0.5, 0.6) is 0 Å².